The Kier molecular flexibility index (Phi) is 5.58. The minimum atomic E-state index is -0.637. The molecule has 1 N–H and O–H groups in total. The largest absolute Gasteiger partial charge is 0.508 e. The molecule has 2 fully saturated rings. The molecule has 2 aliphatic heterocycles. The first-order chi connectivity index (χ1) is 17.8. The maximum absolute atomic E-state index is 16.4. The van der Waals surface area contributed by atoms with Crippen LogP contribution in [0, 0.1) is 11.6 Å². The Balaban J connectivity index is 1.62. The number of aromatic nitrogens is 3. The monoisotopic (exact) mass is 502 g/mol. The minimum Gasteiger partial charge on any atom is -0.508 e. The van der Waals surface area contributed by atoms with E-state index in [2.05, 4.69) is 14.9 Å². The number of aryl methyl sites for hydroxylation is 1. The molecule has 0 saturated carbocycles. The van der Waals surface area contributed by atoms with E-state index in [9.17, 15) is 14.3 Å². The van der Waals surface area contributed by atoms with Crippen molar-refractivity contribution < 1.29 is 18.7 Å². The number of piperidine rings is 1. The fraction of sp³-hybridized carbons (Fsp3) is 0.379. The second-order valence-electron chi connectivity index (χ2n) is 10.5. The Morgan fingerprint density at radius 1 is 1.11 bits per heavy atom. The van der Waals surface area contributed by atoms with Crippen molar-refractivity contribution >= 4 is 33.3 Å². The number of benzene rings is 2. The van der Waals surface area contributed by atoms with E-state index < -0.39 is 5.82 Å². The number of nitrogens with zero attached hydrogens (tertiary/aromatic N) is 4. The molecule has 2 bridgehead atoms. The Morgan fingerprint density at radius 2 is 1.84 bits per heavy atom. The van der Waals surface area contributed by atoms with Gasteiger partial charge in [-0.25, -0.2) is 18.7 Å². The van der Waals surface area contributed by atoms with Gasteiger partial charge in [0.15, 0.2) is 5.82 Å². The van der Waals surface area contributed by atoms with Crippen LogP contribution in [-0.4, -0.2) is 37.9 Å². The van der Waals surface area contributed by atoms with E-state index in [1.165, 1.54) is 12.1 Å². The van der Waals surface area contributed by atoms with Gasteiger partial charge in [0.25, 0.3) is 0 Å². The number of hydrogen-bond acceptors (Lipinski definition) is 6. The van der Waals surface area contributed by atoms with Gasteiger partial charge in [-0.2, -0.15) is 0 Å². The van der Waals surface area contributed by atoms with Gasteiger partial charge in [-0.3, -0.25) is 9.78 Å². The maximum atomic E-state index is 16.4. The lowest BCUT2D eigenvalue weighted by Gasteiger charge is -2.36. The first-order valence-electron chi connectivity index (χ1n) is 12.9. The number of hydrogen-bond donors (Lipinski definition) is 1. The van der Waals surface area contributed by atoms with Gasteiger partial charge >= 0.3 is 0 Å². The Morgan fingerprint density at radius 3 is 2.51 bits per heavy atom. The van der Waals surface area contributed by atoms with E-state index in [0.29, 0.717) is 58.2 Å². The predicted octanol–water partition coefficient (Wildman–Crippen LogP) is 6.21. The van der Waals surface area contributed by atoms with Crippen LogP contribution in [0.4, 0.5) is 14.6 Å². The summed E-state index contributed by atoms with van der Waals surface area (Å²) in [6, 6.07) is 5.99. The van der Waals surface area contributed by atoms with E-state index in [4.69, 9.17) is 4.98 Å². The van der Waals surface area contributed by atoms with Crippen molar-refractivity contribution in [1.29, 1.82) is 0 Å². The van der Waals surface area contributed by atoms with E-state index in [1.54, 1.807) is 18.3 Å². The zero-order valence-corrected chi connectivity index (χ0v) is 21.1. The zero-order chi connectivity index (χ0) is 26.0. The van der Waals surface area contributed by atoms with E-state index in [1.807, 2.05) is 20.8 Å². The van der Waals surface area contributed by atoms with Crippen LogP contribution >= 0.6 is 0 Å². The average Bonchev–Trinajstić information content (AvgIpc) is 3.13. The Hall–Kier alpha value is -3.68. The fourth-order valence-electron chi connectivity index (χ4n) is 6.05. The summed E-state index contributed by atoms with van der Waals surface area (Å²) >= 11 is 0. The lowest BCUT2D eigenvalue weighted by atomic mass is 9.94. The SMILES string of the molecule is CCc1c(F)ccc2cc(O)cc(-c3ncc4c(N5C6CCC5CC(=O)C6)nc(C(C)C)nc4c3F)c12. The summed E-state index contributed by atoms with van der Waals surface area (Å²) < 4.78 is 31.2. The second-order valence-corrected chi connectivity index (χ2v) is 10.5. The lowest BCUT2D eigenvalue weighted by Crippen LogP contribution is -2.44. The van der Waals surface area contributed by atoms with Gasteiger partial charge < -0.3 is 10.0 Å². The summed E-state index contributed by atoms with van der Waals surface area (Å²) in [4.78, 5) is 28.4. The molecule has 2 aromatic carbocycles. The van der Waals surface area contributed by atoms with Crippen molar-refractivity contribution in [2.24, 2.45) is 0 Å². The minimum absolute atomic E-state index is 0.00449. The van der Waals surface area contributed by atoms with Gasteiger partial charge in [-0.05, 0) is 53.8 Å². The molecule has 0 amide bonds. The number of fused-ring (bicyclic) bond motifs is 4. The number of pyridine rings is 1. The molecule has 2 unspecified atom stereocenters. The van der Waals surface area contributed by atoms with Gasteiger partial charge in [0.05, 0.1) is 5.39 Å². The van der Waals surface area contributed by atoms with Crippen LogP contribution in [0.25, 0.3) is 32.9 Å². The highest BCUT2D eigenvalue weighted by Gasteiger charge is 2.42. The summed E-state index contributed by atoms with van der Waals surface area (Å²) in [5.41, 5.74) is 0.904. The number of rotatable bonds is 4. The molecule has 6 nitrogen and oxygen atoms in total. The Labute approximate surface area is 213 Å². The number of anilines is 1. The van der Waals surface area contributed by atoms with Crippen LogP contribution in [0.3, 0.4) is 0 Å². The van der Waals surface area contributed by atoms with Gasteiger partial charge in [0, 0.05) is 42.6 Å². The maximum Gasteiger partial charge on any atom is 0.175 e. The van der Waals surface area contributed by atoms with Gasteiger partial charge in [0.2, 0.25) is 0 Å². The quantitative estimate of drug-likeness (QED) is 0.357. The highest BCUT2D eigenvalue weighted by molar-refractivity contribution is 6.02. The number of aromatic hydroxyl groups is 1. The standard InChI is InChI=1S/C29H28F2N4O2/c1-4-20-23(30)8-5-15-9-18(36)12-21(24(15)20)26-25(31)27-22(13-32-26)29(34-28(33-27)14(2)3)35-16-6-7-17(35)11-19(37)10-16/h5,8-9,12-14,16-17,36H,4,6-7,10-11H2,1-3H3. The Bertz CT molecular complexity index is 1570. The first kappa shape index (κ1) is 23.7. The van der Waals surface area contributed by atoms with Crippen molar-refractivity contribution in [1.82, 2.24) is 15.0 Å². The first-order valence-corrected chi connectivity index (χ1v) is 12.9. The normalized spacial score (nSPS) is 19.5. The number of Topliss-reactive ketones (excluding diaryl/α,β-unsaturated/α-hetero) is 1. The summed E-state index contributed by atoms with van der Waals surface area (Å²) in [6.07, 6.45) is 4.70. The summed E-state index contributed by atoms with van der Waals surface area (Å²) in [5.74, 6) is 0.256. The predicted molar refractivity (Wildman–Crippen MR) is 139 cm³/mol. The topological polar surface area (TPSA) is 79.2 Å². The van der Waals surface area contributed by atoms with E-state index in [0.717, 1.165) is 12.8 Å². The average molecular weight is 503 g/mol. The van der Waals surface area contributed by atoms with Crippen molar-refractivity contribution in [3.63, 3.8) is 0 Å². The molecule has 0 radical (unpaired) electrons. The van der Waals surface area contributed by atoms with Crippen molar-refractivity contribution in [3.8, 4) is 17.0 Å². The van der Waals surface area contributed by atoms with Gasteiger partial charge in [-0.1, -0.05) is 26.8 Å². The van der Waals surface area contributed by atoms with Crippen LogP contribution in [0.15, 0.2) is 30.5 Å². The molecule has 2 aromatic heterocycles. The van der Waals surface area contributed by atoms with Crippen LogP contribution in [0.1, 0.15) is 63.8 Å². The highest BCUT2D eigenvalue weighted by atomic mass is 19.1. The van der Waals surface area contributed by atoms with Crippen molar-refractivity contribution in [2.75, 3.05) is 4.90 Å². The smallest absolute Gasteiger partial charge is 0.175 e. The molecule has 2 atom stereocenters. The van der Waals surface area contributed by atoms with E-state index in [-0.39, 0.29) is 46.6 Å². The van der Waals surface area contributed by atoms with E-state index >= 15 is 4.39 Å². The third-order valence-corrected chi connectivity index (χ3v) is 7.75. The molecule has 2 aliphatic rings. The van der Waals surface area contributed by atoms with Crippen molar-refractivity contribution in [3.05, 3.63) is 53.5 Å². The lowest BCUT2D eigenvalue weighted by molar-refractivity contribution is -0.120. The molecule has 4 aromatic rings. The molecule has 8 heteroatoms. The number of ketones is 1. The highest BCUT2D eigenvalue weighted by Crippen LogP contribution is 2.42. The van der Waals surface area contributed by atoms with Crippen LogP contribution in [-0.2, 0) is 11.2 Å². The molecular weight excluding hydrogens is 474 g/mol. The molecule has 190 valence electrons. The van der Waals surface area contributed by atoms with Crippen LogP contribution in [0.5, 0.6) is 5.75 Å². The summed E-state index contributed by atoms with van der Waals surface area (Å²) in [5, 5.41) is 12.0. The van der Waals surface area contributed by atoms with Crippen molar-refractivity contribution in [2.45, 2.75) is 70.9 Å². The van der Waals surface area contributed by atoms with Gasteiger partial charge in [-0.15, -0.1) is 0 Å². The third kappa shape index (κ3) is 3.72. The molecule has 0 spiro atoms. The molecule has 37 heavy (non-hydrogen) atoms. The molecule has 0 aliphatic carbocycles. The molecular formula is C29H28F2N4O2. The molecule has 4 heterocycles. The van der Waals surface area contributed by atoms with Gasteiger partial charge in [0.1, 0.15) is 40.2 Å². The summed E-state index contributed by atoms with van der Waals surface area (Å²) in [7, 11) is 0. The molecule has 6 rings (SSSR count). The zero-order valence-electron chi connectivity index (χ0n) is 21.1. The number of phenolic OH excluding ortho intramolecular Hbond substituents is 1. The number of carbonyl (C=O) groups is 1. The number of phenols is 1. The third-order valence-electron chi connectivity index (χ3n) is 7.75. The fourth-order valence-corrected chi connectivity index (χ4v) is 6.05. The van der Waals surface area contributed by atoms with Crippen LogP contribution in [0.2, 0.25) is 0 Å². The number of halogens is 2. The second kappa shape index (κ2) is 8.71. The van der Waals surface area contributed by atoms with Crippen LogP contribution < -0.4 is 4.90 Å². The summed E-state index contributed by atoms with van der Waals surface area (Å²) in [6.45, 7) is 5.75. The number of carbonyl (C=O) groups excluding carboxylic acids is 1. The molecule has 2 saturated heterocycles.